The van der Waals surface area contributed by atoms with Crippen molar-refractivity contribution in [3.05, 3.63) is 53.9 Å². The molecule has 0 atom stereocenters. The minimum Gasteiger partial charge on any atom is -0.309 e. The number of hydrogen-bond acceptors (Lipinski definition) is 4. The molecule has 0 aliphatic carbocycles. The molecule has 4 heteroatoms. The van der Waals surface area contributed by atoms with Crippen LogP contribution in [-0.2, 0) is 0 Å². The third-order valence-electron chi connectivity index (χ3n) is 2.50. The summed E-state index contributed by atoms with van der Waals surface area (Å²) in [5.41, 5.74) is 8.43. The van der Waals surface area contributed by atoms with Gasteiger partial charge in [-0.1, -0.05) is 24.3 Å². The molecule has 0 amide bonds. The highest BCUT2D eigenvalue weighted by molar-refractivity contribution is 6.08. The van der Waals surface area contributed by atoms with Crippen LogP contribution in [0.1, 0.15) is 15.9 Å². The maximum atomic E-state index is 11.7. The maximum absolute atomic E-state index is 11.7. The molecular weight excluding hydrogens is 190 g/mol. The van der Waals surface area contributed by atoms with Gasteiger partial charge >= 0.3 is 0 Å². The third kappa shape index (κ3) is 1.15. The van der Waals surface area contributed by atoms with E-state index in [1.807, 2.05) is 30.5 Å². The molecule has 0 saturated heterocycles. The van der Waals surface area contributed by atoms with E-state index in [-0.39, 0.29) is 5.78 Å². The van der Waals surface area contributed by atoms with Crippen molar-refractivity contribution in [2.75, 3.05) is 0 Å². The van der Waals surface area contributed by atoms with Crippen LogP contribution in [0.3, 0.4) is 0 Å². The molecule has 0 radical (unpaired) electrons. The number of benzene rings is 1. The fourth-order valence-corrected chi connectivity index (χ4v) is 1.78. The Labute approximate surface area is 86.8 Å². The van der Waals surface area contributed by atoms with Crippen LogP contribution in [-0.4, -0.2) is 10.8 Å². The van der Waals surface area contributed by atoms with E-state index in [1.165, 1.54) is 0 Å². The lowest BCUT2D eigenvalue weighted by molar-refractivity contribution is 0.104. The van der Waals surface area contributed by atoms with Crippen molar-refractivity contribution in [1.82, 2.24) is 16.0 Å². The second kappa shape index (κ2) is 2.96. The second-order valence-corrected chi connectivity index (χ2v) is 3.38. The predicted octanol–water partition coefficient (Wildman–Crippen LogP) is 1.02. The Morgan fingerprint density at radius 2 is 1.93 bits per heavy atom. The lowest BCUT2D eigenvalue weighted by atomic mass is 10.0. The maximum Gasteiger partial charge on any atom is 0.188 e. The fraction of sp³-hybridized carbons (Fsp3) is 0. The van der Waals surface area contributed by atoms with Gasteiger partial charge < -0.3 is 5.43 Å². The number of hydrogen-bond donors (Lipinski definition) is 2. The van der Waals surface area contributed by atoms with Crippen LogP contribution in [0, 0.1) is 0 Å². The molecule has 2 heterocycles. The molecule has 15 heavy (non-hydrogen) atoms. The molecular formula is C11H9N3O. The SMILES string of the molecule is O=C1C=CN2NNC=C2c2ccccc21. The molecule has 0 spiro atoms. The van der Waals surface area contributed by atoms with Crippen LogP contribution in [0.15, 0.2) is 42.7 Å². The van der Waals surface area contributed by atoms with Crippen molar-refractivity contribution < 1.29 is 4.79 Å². The van der Waals surface area contributed by atoms with Gasteiger partial charge in [-0.3, -0.25) is 9.80 Å². The molecule has 74 valence electrons. The van der Waals surface area contributed by atoms with Crippen LogP contribution in [0.25, 0.3) is 5.70 Å². The molecule has 0 fully saturated rings. The zero-order valence-electron chi connectivity index (χ0n) is 7.90. The highest BCUT2D eigenvalue weighted by Gasteiger charge is 2.22. The summed E-state index contributed by atoms with van der Waals surface area (Å²) in [6.07, 6.45) is 5.11. The number of allylic oxidation sites excluding steroid dienone is 1. The number of hydrazine groups is 2. The molecule has 1 aromatic rings. The highest BCUT2D eigenvalue weighted by Crippen LogP contribution is 2.26. The lowest BCUT2D eigenvalue weighted by Crippen LogP contribution is -2.32. The minimum atomic E-state index is 0.0303. The van der Waals surface area contributed by atoms with Gasteiger partial charge in [-0.15, -0.1) is 5.53 Å². The molecule has 0 unspecified atom stereocenters. The van der Waals surface area contributed by atoms with Gasteiger partial charge in [0.25, 0.3) is 0 Å². The van der Waals surface area contributed by atoms with Crippen LogP contribution < -0.4 is 11.0 Å². The first-order valence-electron chi connectivity index (χ1n) is 4.69. The smallest absolute Gasteiger partial charge is 0.188 e. The zero-order valence-corrected chi connectivity index (χ0v) is 7.90. The summed E-state index contributed by atoms with van der Waals surface area (Å²) in [6.45, 7) is 0. The largest absolute Gasteiger partial charge is 0.309 e. The van der Waals surface area contributed by atoms with Gasteiger partial charge in [-0.05, 0) is 0 Å². The van der Waals surface area contributed by atoms with Crippen LogP contribution >= 0.6 is 0 Å². The summed E-state index contributed by atoms with van der Waals surface area (Å²) in [5.74, 6) is 0.0303. The molecule has 0 saturated carbocycles. The van der Waals surface area contributed by atoms with Crippen molar-refractivity contribution in [3.63, 3.8) is 0 Å². The summed E-state index contributed by atoms with van der Waals surface area (Å²) in [5, 5.41) is 1.78. The fourth-order valence-electron chi connectivity index (χ4n) is 1.78. The topological polar surface area (TPSA) is 44.4 Å². The van der Waals surface area contributed by atoms with E-state index in [1.54, 1.807) is 17.3 Å². The number of nitrogens with one attached hydrogen (secondary N) is 2. The average molecular weight is 199 g/mol. The summed E-state index contributed by atoms with van der Waals surface area (Å²) in [4.78, 5) is 11.7. The van der Waals surface area contributed by atoms with Crippen LogP contribution in [0.2, 0.25) is 0 Å². The van der Waals surface area contributed by atoms with E-state index in [2.05, 4.69) is 11.0 Å². The summed E-state index contributed by atoms with van der Waals surface area (Å²) in [7, 11) is 0. The van der Waals surface area contributed by atoms with Gasteiger partial charge in [0.05, 0.1) is 5.70 Å². The second-order valence-electron chi connectivity index (χ2n) is 3.38. The Kier molecular flexibility index (Phi) is 1.63. The van der Waals surface area contributed by atoms with Gasteiger partial charge in [-0.25, -0.2) is 0 Å². The van der Waals surface area contributed by atoms with Gasteiger partial charge in [0.2, 0.25) is 0 Å². The predicted molar refractivity (Wildman–Crippen MR) is 56.0 cm³/mol. The molecule has 0 aromatic heterocycles. The summed E-state index contributed by atoms with van der Waals surface area (Å²) < 4.78 is 0. The quantitative estimate of drug-likeness (QED) is 0.654. The van der Waals surface area contributed by atoms with Gasteiger partial charge in [0, 0.05) is 29.6 Å². The molecule has 2 aliphatic heterocycles. The van der Waals surface area contributed by atoms with Gasteiger partial charge in [-0.2, -0.15) is 0 Å². The molecule has 3 rings (SSSR count). The van der Waals surface area contributed by atoms with Crippen molar-refractivity contribution in [1.29, 1.82) is 0 Å². The summed E-state index contributed by atoms with van der Waals surface area (Å²) >= 11 is 0. The number of carbonyl (C=O) groups excluding carboxylic acids is 1. The van der Waals surface area contributed by atoms with Crippen molar-refractivity contribution in [2.24, 2.45) is 0 Å². The van der Waals surface area contributed by atoms with Crippen LogP contribution in [0.4, 0.5) is 0 Å². The van der Waals surface area contributed by atoms with Crippen molar-refractivity contribution in [2.45, 2.75) is 0 Å². The summed E-state index contributed by atoms with van der Waals surface area (Å²) in [6, 6.07) is 7.57. The van der Waals surface area contributed by atoms with E-state index in [9.17, 15) is 4.79 Å². The average Bonchev–Trinajstić information content (AvgIpc) is 2.69. The molecule has 2 aliphatic rings. The number of ketones is 1. The van der Waals surface area contributed by atoms with E-state index < -0.39 is 0 Å². The first-order valence-corrected chi connectivity index (χ1v) is 4.69. The number of carbonyl (C=O) groups is 1. The lowest BCUT2D eigenvalue weighted by Gasteiger charge is -2.15. The van der Waals surface area contributed by atoms with Crippen molar-refractivity contribution in [3.8, 4) is 0 Å². The first kappa shape index (κ1) is 8.26. The number of rotatable bonds is 0. The Morgan fingerprint density at radius 3 is 2.80 bits per heavy atom. The van der Waals surface area contributed by atoms with Gasteiger partial charge in [0.1, 0.15) is 0 Å². The standard InChI is InChI=1S/C11H9N3O/c15-11-5-6-14-10(7-12-13-14)8-3-1-2-4-9(8)11/h1-7,12-13H. The normalized spacial score (nSPS) is 17.7. The van der Waals surface area contributed by atoms with E-state index in [0.29, 0.717) is 0 Å². The zero-order chi connectivity index (χ0) is 10.3. The van der Waals surface area contributed by atoms with Crippen molar-refractivity contribution >= 4 is 11.5 Å². The van der Waals surface area contributed by atoms with E-state index in [4.69, 9.17) is 0 Å². The number of fused-ring (bicyclic) bond motifs is 3. The Balaban J connectivity index is 2.25. The van der Waals surface area contributed by atoms with E-state index >= 15 is 0 Å². The molecule has 0 bridgehead atoms. The molecule has 2 N–H and O–H groups in total. The van der Waals surface area contributed by atoms with Crippen LogP contribution in [0.5, 0.6) is 0 Å². The minimum absolute atomic E-state index is 0.0303. The Bertz CT molecular complexity index is 490. The monoisotopic (exact) mass is 199 g/mol. The highest BCUT2D eigenvalue weighted by atomic mass is 16.1. The first-order chi connectivity index (χ1) is 7.36. The number of nitrogens with zero attached hydrogens (tertiary/aromatic N) is 1. The Hall–Kier alpha value is -2.07. The Morgan fingerprint density at radius 1 is 1.13 bits per heavy atom. The molecule has 4 nitrogen and oxygen atoms in total. The van der Waals surface area contributed by atoms with Gasteiger partial charge in [0.15, 0.2) is 5.78 Å². The van der Waals surface area contributed by atoms with E-state index in [0.717, 1.165) is 16.8 Å². The molecule has 1 aromatic carbocycles. The third-order valence-corrected chi connectivity index (χ3v) is 2.50.